The average Bonchev–Trinajstić information content (AvgIpc) is 2.83. The Morgan fingerprint density at radius 2 is 1.55 bits per heavy atom. The fourth-order valence-corrected chi connectivity index (χ4v) is 3.74. The summed E-state index contributed by atoms with van der Waals surface area (Å²) in [5.41, 5.74) is 4.25. The van der Waals surface area contributed by atoms with Gasteiger partial charge in [0.25, 0.3) is 0 Å². The van der Waals surface area contributed by atoms with E-state index in [9.17, 15) is 14.7 Å². The van der Waals surface area contributed by atoms with Gasteiger partial charge in [0.1, 0.15) is 6.61 Å². The van der Waals surface area contributed by atoms with E-state index < -0.39 is 5.97 Å². The van der Waals surface area contributed by atoms with E-state index in [1.807, 2.05) is 48.5 Å². The maximum absolute atomic E-state index is 13.0. The lowest BCUT2D eigenvalue weighted by atomic mass is 9.92. The first-order chi connectivity index (χ1) is 15.1. The second-order valence-corrected chi connectivity index (χ2v) is 7.41. The molecule has 4 rings (SSSR count). The lowest BCUT2D eigenvalue weighted by Crippen LogP contribution is -2.37. The summed E-state index contributed by atoms with van der Waals surface area (Å²) in [6.45, 7) is 0.718. The highest BCUT2D eigenvalue weighted by molar-refractivity contribution is 5.87. The van der Waals surface area contributed by atoms with Crippen LogP contribution in [0, 0.1) is 0 Å². The number of carbonyl (C=O) groups excluding carboxylic acids is 1. The molecular weight excluding hydrogens is 390 g/mol. The number of hydrogen-bond acceptors (Lipinski definition) is 3. The maximum Gasteiger partial charge on any atom is 0.410 e. The molecule has 0 saturated heterocycles. The predicted octanol–water partition coefficient (Wildman–Crippen LogP) is 5.55. The molecule has 0 bridgehead atoms. The molecule has 1 aliphatic heterocycles. The zero-order valence-corrected chi connectivity index (χ0v) is 17.0. The SMILES string of the molecule is O=C(O)c1ccc([C@@H]2C=C(c3ccccc3)CCN2C(=O)OCc2ccccc2)cc1. The third kappa shape index (κ3) is 4.83. The summed E-state index contributed by atoms with van der Waals surface area (Å²) in [4.78, 5) is 25.9. The highest BCUT2D eigenvalue weighted by Gasteiger charge is 2.29. The summed E-state index contributed by atoms with van der Waals surface area (Å²) in [5, 5.41) is 9.20. The number of nitrogens with zero attached hydrogens (tertiary/aromatic N) is 1. The summed E-state index contributed by atoms with van der Waals surface area (Å²) >= 11 is 0. The van der Waals surface area contributed by atoms with Gasteiger partial charge in [-0.25, -0.2) is 9.59 Å². The van der Waals surface area contributed by atoms with Crippen LogP contribution >= 0.6 is 0 Å². The number of carboxylic acids is 1. The molecular formula is C26H23NO4. The number of carbonyl (C=O) groups is 2. The number of aromatic carboxylic acids is 1. The van der Waals surface area contributed by atoms with E-state index in [4.69, 9.17) is 4.74 Å². The van der Waals surface area contributed by atoms with Gasteiger partial charge in [0.15, 0.2) is 0 Å². The third-order valence-corrected chi connectivity index (χ3v) is 5.40. The van der Waals surface area contributed by atoms with Gasteiger partial charge in [0.2, 0.25) is 0 Å². The molecule has 1 aliphatic rings. The van der Waals surface area contributed by atoms with Crippen molar-refractivity contribution in [1.29, 1.82) is 0 Å². The standard InChI is InChI=1S/C26H23NO4/c28-25(29)22-13-11-21(12-14-22)24-17-23(20-9-5-2-6-10-20)15-16-27(24)26(30)31-18-19-7-3-1-4-8-19/h1-14,17,24H,15-16,18H2,(H,28,29)/t24-/m0/s1. The van der Waals surface area contributed by atoms with E-state index >= 15 is 0 Å². The molecule has 3 aromatic rings. The Hall–Kier alpha value is -3.86. The molecule has 3 aromatic carbocycles. The molecule has 1 N–H and O–H groups in total. The van der Waals surface area contributed by atoms with Crippen molar-refractivity contribution < 1.29 is 19.4 Å². The molecule has 1 atom stereocenters. The normalized spacial score (nSPS) is 15.8. The van der Waals surface area contributed by atoms with E-state index in [-0.39, 0.29) is 24.3 Å². The molecule has 31 heavy (non-hydrogen) atoms. The van der Waals surface area contributed by atoms with Gasteiger partial charge in [0, 0.05) is 6.54 Å². The minimum Gasteiger partial charge on any atom is -0.478 e. The first-order valence-electron chi connectivity index (χ1n) is 10.2. The van der Waals surface area contributed by atoms with Crippen LogP contribution in [0.3, 0.4) is 0 Å². The van der Waals surface area contributed by atoms with E-state index in [1.165, 1.54) is 0 Å². The Morgan fingerprint density at radius 3 is 2.19 bits per heavy atom. The molecule has 0 fully saturated rings. The largest absolute Gasteiger partial charge is 0.478 e. The minimum atomic E-state index is -0.977. The Balaban J connectivity index is 1.61. The Labute approximate surface area is 181 Å². The van der Waals surface area contributed by atoms with Gasteiger partial charge in [-0.1, -0.05) is 78.9 Å². The van der Waals surface area contributed by atoms with Crippen molar-refractivity contribution in [2.45, 2.75) is 19.1 Å². The van der Waals surface area contributed by atoms with Gasteiger partial charge in [-0.05, 0) is 40.8 Å². The van der Waals surface area contributed by atoms with Crippen LogP contribution in [-0.2, 0) is 11.3 Å². The van der Waals surface area contributed by atoms with Gasteiger partial charge >= 0.3 is 12.1 Å². The van der Waals surface area contributed by atoms with Crippen LogP contribution < -0.4 is 0 Å². The monoisotopic (exact) mass is 413 g/mol. The molecule has 0 aromatic heterocycles. The summed E-state index contributed by atoms with van der Waals surface area (Å²) in [7, 11) is 0. The van der Waals surface area contributed by atoms with Crippen molar-refractivity contribution in [3.05, 3.63) is 113 Å². The van der Waals surface area contributed by atoms with E-state index in [0.29, 0.717) is 13.0 Å². The first kappa shape index (κ1) is 20.4. The third-order valence-electron chi connectivity index (χ3n) is 5.40. The second-order valence-electron chi connectivity index (χ2n) is 7.41. The van der Waals surface area contributed by atoms with Crippen molar-refractivity contribution in [3.8, 4) is 0 Å². The van der Waals surface area contributed by atoms with Gasteiger partial charge < -0.3 is 9.84 Å². The molecule has 0 aliphatic carbocycles. The molecule has 0 spiro atoms. The molecule has 0 unspecified atom stereocenters. The van der Waals surface area contributed by atoms with E-state index in [1.54, 1.807) is 29.2 Å². The van der Waals surface area contributed by atoms with Crippen molar-refractivity contribution in [2.24, 2.45) is 0 Å². The quantitative estimate of drug-likeness (QED) is 0.595. The fraction of sp³-hybridized carbons (Fsp3) is 0.154. The number of amides is 1. The molecule has 5 heteroatoms. The average molecular weight is 413 g/mol. The second kappa shape index (κ2) is 9.30. The molecule has 0 radical (unpaired) electrons. The number of rotatable bonds is 5. The van der Waals surface area contributed by atoms with Crippen LogP contribution in [0.2, 0.25) is 0 Å². The number of carboxylic acid groups (broad SMARTS) is 1. The van der Waals surface area contributed by atoms with Crippen molar-refractivity contribution >= 4 is 17.6 Å². The fourth-order valence-electron chi connectivity index (χ4n) is 3.74. The Bertz CT molecular complexity index is 1080. The van der Waals surface area contributed by atoms with Gasteiger partial charge in [-0.2, -0.15) is 0 Å². The van der Waals surface area contributed by atoms with Gasteiger partial charge in [-0.15, -0.1) is 0 Å². The van der Waals surface area contributed by atoms with Gasteiger partial charge in [0.05, 0.1) is 11.6 Å². The summed E-state index contributed by atoms with van der Waals surface area (Å²) in [6.07, 6.45) is 2.39. The maximum atomic E-state index is 13.0. The predicted molar refractivity (Wildman–Crippen MR) is 119 cm³/mol. The van der Waals surface area contributed by atoms with Crippen LogP contribution in [-0.4, -0.2) is 28.6 Å². The van der Waals surface area contributed by atoms with E-state index in [2.05, 4.69) is 18.2 Å². The van der Waals surface area contributed by atoms with Crippen molar-refractivity contribution in [2.75, 3.05) is 6.54 Å². The molecule has 0 saturated carbocycles. The lowest BCUT2D eigenvalue weighted by Gasteiger charge is -2.34. The molecule has 5 nitrogen and oxygen atoms in total. The van der Waals surface area contributed by atoms with Crippen LogP contribution in [0.4, 0.5) is 4.79 Å². The van der Waals surface area contributed by atoms with Crippen LogP contribution in [0.15, 0.2) is 91.0 Å². The Kier molecular flexibility index (Phi) is 6.13. The van der Waals surface area contributed by atoms with Crippen LogP contribution in [0.25, 0.3) is 5.57 Å². The highest BCUT2D eigenvalue weighted by atomic mass is 16.6. The van der Waals surface area contributed by atoms with Gasteiger partial charge in [-0.3, -0.25) is 4.90 Å². The van der Waals surface area contributed by atoms with Crippen LogP contribution in [0.5, 0.6) is 0 Å². The minimum absolute atomic E-state index is 0.204. The smallest absolute Gasteiger partial charge is 0.410 e. The summed E-state index contributed by atoms with van der Waals surface area (Å²) in [6, 6.07) is 26.0. The Morgan fingerprint density at radius 1 is 0.903 bits per heavy atom. The molecule has 1 amide bonds. The first-order valence-corrected chi connectivity index (χ1v) is 10.2. The zero-order chi connectivity index (χ0) is 21.6. The number of benzene rings is 3. The van der Waals surface area contributed by atoms with Crippen molar-refractivity contribution in [1.82, 2.24) is 4.90 Å². The molecule has 156 valence electrons. The van der Waals surface area contributed by atoms with Crippen LogP contribution in [0.1, 0.15) is 39.5 Å². The van der Waals surface area contributed by atoms with Crippen molar-refractivity contribution in [3.63, 3.8) is 0 Å². The number of ether oxygens (including phenoxy) is 1. The number of hydrogen-bond donors (Lipinski definition) is 1. The summed E-state index contributed by atoms with van der Waals surface area (Å²) < 4.78 is 5.59. The summed E-state index contributed by atoms with van der Waals surface area (Å²) in [5.74, 6) is -0.977. The highest BCUT2D eigenvalue weighted by Crippen LogP contribution is 2.34. The lowest BCUT2D eigenvalue weighted by molar-refractivity contribution is 0.0696. The zero-order valence-electron chi connectivity index (χ0n) is 17.0. The molecule has 1 heterocycles. The van der Waals surface area contributed by atoms with E-state index in [0.717, 1.165) is 22.3 Å². The topological polar surface area (TPSA) is 66.8 Å².